The molecular formula is C11H21NO2. The summed E-state index contributed by atoms with van der Waals surface area (Å²) in [5.74, 6) is 0.356. The molecule has 1 N–H and O–H groups in total. The molecule has 0 bridgehead atoms. The van der Waals surface area contributed by atoms with Crippen molar-refractivity contribution in [3.8, 4) is 0 Å². The molecular weight excluding hydrogens is 178 g/mol. The Balaban J connectivity index is 2.68. The summed E-state index contributed by atoms with van der Waals surface area (Å²) < 4.78 is 0. The quantitative estimate of drug-likeness (QED) is 0.730. The Labute approximate surface area is 86.1 Å². The van der Waals surface area contributed by atoms with Crippen LogP contribution in [0.25, 0.3) is 0 Å². The van der Waals surface area contributed by atoms with Crippen molar-refractivity contribution in [1.82, 2.24) is 4.90 Å². The Kier molecular flexibility index (Phi) is 4.39. The molecule has 0 spiro atoms. The van der Waals surface area contributed by atoms with E-state index < -0.39 is 0 Å². The highest BCUT2D eigenvalue weighted by atomic mass is 16.3. The van der Waals surface area contributed by atoms with Gasteiger partial charge in [0.15, 0.2) is 0 Å². The normalized spacial score (nSPS) is 25.6. The number of carbonyl (C=O) groups is 1. The van der Waals surface area contributed by atoms with Gasteiger partial charge in [0.1, 0.15) is 0 Å². The Morgan fingerprint density at radius 2 is 2.21 bits per heavy atom. The summed E-state index contributed by atoms with van der Waals surface area (Å²) in [5, 5.41) is 9.14. The highest BCUT2D eigenvalue weighted by molar-refractivity contribution is 5.73. The zero-order valence-electron chi connectivity index (χ0n) is 9.20. The van der Waals surface area contributed by atoms with Crippen LogP contribution in [-0.4, -0.2) is 35.1 Å². The number of aliphatic hydroxyl groups is 1. The van der Waals surface area contributed by atoms with Crippen molar-refractivity contribution in [1.29, 1.82) is 0 Å². The first-order valence-corrected chi connectivity index (χ1v) is 5.55. The first kappa shape index (κ1) is 11.5. The molecule has 3 heteroatoms. The minimum atomic E-state index is 0.150. The van der Waals surface area contributed by atoms with E-state index in [1.165, 1.54) is 12.8 Å². The summed E-state index contributed by atoms with van der Waals surface area (Å²) in [6.45, 7) is 4.69. The zero-order valence-corrected chi connectivity index (χ0v) is 9.20. The minimum Gasteiger partial charge on any atom is -0.396 e. The Morgan fingerprint density at radius 3 is 2.79 bits per heavy atom. The van der Waals surface area contributed by atoms with Crippen LogP contribution in [0.5, 0.6) is 0 Å². The number of likely N-dealkylation sites (tertiary alicyclic amines) is 1. The van der Waals surface area contributed by atoms with E-state index in [-0.39, 0.29) is 24.5 Å². The van der Waals surface area contributed by atoms with Crippen LogP contribution in [0.1, 0.15) is 39.5 Å². The maximum Gasteiger partial charge on any atom is 0.219 e. The number of aliphatic hydroxyl groups excluding tert-OH is 1. The van der Waals surface area contributed by atoms with Gasteiger partial charge in [-0.15, -0.1) is 0 Å². The molecule has 1 amide bonds. The summed E-state index contributed by atoms with van der Waals surface area (Å²) in [6, 6.07) is 0.250. The van der Waals surface area contributed by atoms with Crippen LogP contribution < -0.4 is 0 Å². The fraction of sp³-hybridized carbons (Fsp3) is 0.909. The SMILES string of the molecule is CC(=O)N1CCCCCC1C(C)CO. The van der Waals surface area contributed by atoms with E-state index in [4.69, 9.17) is 5.11 Å². The standard InChI is InChI=1S/C11H21NO2/c1-9(8-13)11-6-4-3-5-7-12(11)10(2)14/h9,11,13H,3-8H2,1-2H3. The van der Waals surface area contributed by atoms with E-state index in [1.54, 1.807) is 6.92 Å². The predicted molar refractivity (Wildman–Crippen MR) is 55.9 cm³/mol. The van der Waals surface area contributed by atoms with Gasteiger partial charge in [-0.1, -0.05) is 19.8 Å². The number of nitrogens with zero attached hydrogens (tertiary/aromatic N) is 1. The summed E-state index contributed by atoms with van der Waals surface area (Å²) in [7, 11) is 0. The maximum atomic E-state index is 11.4. The van der Waals surface area contributed by atoms with Crippen molar-refractivity contribution in [2.24, 2.45) is 5.92 Å². The fourth-order valence-electron chi connectivity index (χ4n) is 2.24. The molecule has 14 heavy (non-hydrogen) atoms. The van der Waals surface area contributed by atoms with E-state index in [2.05, 4.69) is 0 Å². The molecule has 2 atom stereocenters. The summed E-state index contributed by atoms with van der Waals surface area (Å²) in [5.41, 5.74) is 0. The van der Waals surface area contributed by atoms with E-state index in [0.717, 1.165) is 19.4 Å². The van der Waals surface area contributed by atoms with Gasteiger partial charge in [0.05, 0.1) is 0 Å². The second kappa shape index (κ2) is 5.35. The average Bonchev–Trinajstić information content (AvgIpc) is 2.41. The minimum absolute atomic E-state index is 0.150. The van der Waals surface area contributed by atoms with Crippen LogP contribution in [0.15, 0.2) is 0 Å². The van der Waals surface area contributed by atoms with Gasteiger partial charge in [0.25, 0.3) is 0 Å². The molecule has 1 saturated heterocycles. The maximum absolute atomic E-state index is 11.4. The van der Waals surface area contributed by atoms with Gasteiger partial charge in [0, 0.05) is 26.1 Å². The van der Waals surface area contributed by atoms with Gasteiger partial charge in [0.2, 0.25) is 5.91 Å². The largest absolute Gasteiger partial charge is 0.396 e. The summed E-state index contributed by atoms with van der Waals surface area (Å²) in [4.78, 5) is 13.4. The first-order valence-electron chi connectivity index (χ1n) is 5.55. The lowest BCUT2D eigenvalue weighted by atomic mass is 9.97. The fourth-order valence-corrected chi connectivity index (χ4v) is 2.24. The third-order valence-corrected chi connectivity index (χ3v) is 3.15. The lowest BCUT2D eigenvalue weighted by Gasteiger charge is -2.32. The zero-order chi connectivity index (χ0) is 10.6. The summed E-state index contributed by atoms with van der Waals surface area (Å²) >= 11 is 0. The smallest absolute Gasteiger partial charge is 0.219 e. The molecule has 0 aliphatic carbocycles. The molecule has 1 aliphatic heterocycles. The van der Waals surface area contributed by atoms with Gasteiger partial charge in [-0.05, 0) is 18.8 Å². The topological polar surface area (TPSA) is 40.5 Å². The van der Waals surface area contributed by atoms with Gasteiger partial charge >= 0.3 is 0 Å². The van der Waals surface area contributed by atoms with Crippen molar-refractivity contribution in [3.63, 3.8) is 0 Å². The molecule has 1 fully saturated rings. The average molecular weight is 199 g/mol. The first-order chi connectivity index (χ1) is 6.66. The van der Waals surface area contributed by atoms with Crippen LogP contribution in [0, 0.1) is 5.92 Å². The highest BCUT2D eigenvalue weighted by Crippen LogP contribution is 2.22. The number of amides is 1. The molecule has 1 rings (SSSR count). The van der Waals surface area contributed by atoms with Crippen molar-refractivity contribution >= 4 is 5.91 Å². The van der Waals surface area contributed by atoms with E-state index in [1.807, 2.05) is 11.8 Å². The lowest BCUT2D eigenvalue weighted by Crippen LogP contribution is -2.43. The van der Waals surface area contributed by atoms with Crippen LogP contribution in [0.4, 0.5) is 0 Å². The monoisotopic (exact) mass is 199 g/mol. The molecule has 0 aromatic rings. The van der Waals surface area contributed by atoms with Crippen molar-refractivity contribution in [2.45, 2.75) is 45.6 Å². The van der Waals surface area contributed by atoms with E-state index in [0.29, 0.717) is 0 Å². The molecule has 0 aromatic heterocycles. The molecule has 0 saturated carbocycles. The van der Waals surface area contributed by atoms with Gasteiger partial charge in [-0.25, -0.2) is 0 Å². The molecule has 82 valence electrons. The number of hydrogen-bond acceptors (Lipinski definition) is 2. The summed E-state index contributed by atoms with van der Waals surface area (Å²) in [6.07, 6.45) is 4.53. The third-order valence-electron chi connectivity index (χ3n) is 3.15. The van der Waals surface area contributed by atoms with Crippen molar-refractivity contribution in [3.05, 3.63) is 0 Å². The van der Waals surface area contributed by atoms with Crippen LogP contribution in [-0.2, 0) is 4.79 Å². The Morgan fingerprint density at radius 1 is 1.50 bits per heavy atom. The van der Waals surface area contributed by atoms with Gasteiger partial charge in [-0.3, -0.25) is 4.79 Å². The lowest BCUT2D eigenvalue weighted by molar-refractivity contribution is -0.132. The van der Waals surface area contributed by atoms with Crippen molar-refractivity contribution in [2.75, 3.05) is 13.2 Å². The molecule has 1 heterocycles. The van der Waals surface area contributed by atoms with Crippen LogP contribution >= 0.6 is 0 Å². The number of rotatable bonds is 2. The van der Waals surface area contributed by atoms with Crippen LogP contribution in [0.3, 0.4) is 0 Å². The third kappa shape index (κ3) is 2.71. The second-order valence-corrected chi connectivity index (χ2v) is 4.29. The Bertz CT molecular complexity index is 194. The number of carbonyl (C=O) groups excluding carboxylic acids is 1. The molecule has 2 unspecified atom stereocenters. The molecule has 0 radical (unpaired) electrons. The highest BCUT2D eigenvalue weighted by Gasteiger charge is 2.27. The molecule has 3 nitrogen and oxygen atoms in total. The Hall–Kier alpha value is -0.570. The van der Waals surface area contributed by atoms with Crippen molar-refractivity contribution < 1.29 is 9.90 Å². The second-order valence-electron chi connectivity index (χ2n) is 4.29. The van der Waals surface area contributed by atoms with Gasteiger partial charge in [-0.2, -0.15) is 0 Å². The van der Waals surface area contributed by atoms with Gasteiger partial charge < -0.3 is 10.0 Å². The van der Waals surface area contributed by atoms with E-state index >= 15 is 0 Å². The predicted octanol–water partition coefficient (Wildman–Crippen LogP) is 1.41. The molecule has 1 aliphatic rings. The molecule has 0 aromatic carbocycles. The van der Waals surface area contributed by atoms with E-state index in [9.17, 15) is 4.79 Å². The van der Waals surface area contributed by atoms with Crippen LogP contribution in [0.2, 0.25) is 0 Å². The number of hydrogen-bond donors (Lipinski definition) is 1.